The van der Waals surface area contributed by atoms with E-state index in [2.05, 4.69) is 29.8 Å². The normalized spacial score (nSPS) is 16.4. The third-order valence-electron chi connectivity index (χ3n) is 5.18. The summed E-state index contributed by atoms with van der Waals surface area (Å²) in [6.45, 7) is 5.95. The van der Waals surface area contributed by atoms with Crippen LogP contribution in [0, 0.1) is 5.92 Å². The molecular formula is C19H25ClN2O. The average Bonchev–Trinajstić information content (AvgIpc) is 2.99. The van der Waals surface area contributed by atoms with E-state index in [4.69, 9.17) is 11.6 Å². The molecule has 1 aromatic heterocycles. The lowest BCUT2D eigenvalue weighted by atomic mass is 9.92. The van der Waals surface area contributed by atoms with E-state index in [9.17, 15) is 4.79 Å². The summed E-state index contributed by atoms with van der Waals surface area (Å²) in [7, 11) is 0. The summed E-state index contributed by atoms with van der Waals surface area (Å²) in [5.74, 6) is 1.05. The molecule has 1 saturated heterocycles. The number of halogens is 1. The third kappa shape index (κ3) is 3.40. The first-order valence-corrected chi connectivity index (χ1v) is 9.07. The van der Waals surface area contributed by atoms with Crippen molar-refractivity contribution in [3.8, 4) is 0 Å². The molecule has 0 bridgehead atoms. The predicted molar refractivity (Wildman–Crippen MR) is 95.9 cm³/mol. The second-order valence-electron chi connectivity index (χ2n) is 6.57. The molecule has 1 aliphatic heterocycles. The summed E-state index contributed by atoms with van der Waals surface area (Å²) in [5, 5.41) is 1.94. The van der Waals surface area contributed by atoms with Crippen LogP contribution in [0.15, 0.2) is 24.3 Å². The molecule has 2 heterocycles. The first kappa shape index (κ1) is 16.4. The van der Waals surface area contributed by atoms with Crippen LogP contribution in [0.2, 0.25) is 5.02 Å². The fraction of sp³-hybridized carbons (Fsp3) is 0.526. The summed E-state index contributed by atoms with van der Waals surface area (Å²) in [5.41, 5.74) is 2.41. The van der Waals surface area contributed by atoms with Crippen LogP contribution in [0.3, 0.4) is 0 Å². The minimum atomic E-state index is 0.196. The molecule has 1 N–H and O–H groups in total. The Balaban J connectivity index is 1.67. The highest BCUT2D eigenvalue weighted by molar-refractivity contribution is 6.31. The number of fused-ring (bicyclic) bond motifs is 1. The van der Waals surface area contributed by atoms with E-state index in [1.165, 1.54) is 11.1 Å². The molecule has 23 heavy (non-hydrogen) atoms. The van der Waals surface area contributed by atoms with Crippen molar-refractivity contribution >= 4 is 28.4 Å². The van der Waals surface area contributed by atoms with Gasteiger partial charge in [-0.1, -0.05) is 25.4 Å². The number of likely N-dealkylation sites (tertiary alicyclic amines) is 1. The van der Waals surface area contributed by atoms with Gasteiger partial charge < -0.3 is 9.88 Å². The van der Waals surface area contributed by atoms with Crippen LogP contribution in [0.25, 0.3) is 10.9 Å². The zero-order valence-electron chi connectivity index (χ0n) is 13.9. The number of piperidine rings is 1. The molecule has 4 heteroatoms. The number of carbonyl (C=O) groups is 1. The minimum Gasteiger partial charge on any atom is -0.358 e. The van der Waals surface area contributed by atoms with E-state index in [0.717, 1.165) is 49.3 Å². The lowest BCUT2D eigenvalue weighted by Gasteiger charge is -2.33. The highest BCUT2D eigenvalue weighted by Gasteiger charge is 2.27. The van der Waals surface area contributed by atoms with E-state index in [1.807, 2.05) is 18.2 Å². The molecule has 1 aromatic carbocycles. The maximum atomic E-state index is 12.5. The Labute approximate surface area is 143 Å². The van der Waals surface area contributed by atoms with Gasteiger partial charge in [0.05, 0.1) is 0 Å². The lowest BCUT2D eigenvalue weighted by molar-refractivity contribution is -0.136. The molecule has 0 unspecified atom stereocenters. The Morgan fingerprint density at radius 2 is 1.96 bits per heavy atom. The van der Waals surface area contributed by atoms with E-state index in [-0.39, 0.29) is 5.92 Å². The van der Waals surface area contributed by atoms with Crippen molar-refractivity contribution < 1.29 is 4.79 Å². The Bertz CT molecular complexity index is 682. The van der Waals surface area contributed by atoms with Gasteiger partial charge in [0.2, 0.25) is 5.91 Å². The van der Waals surface area contributed by atoms with Crippen molar-refractivity contribution in [1.82, 2.24) is 9.88 Å². The van der Waals surface area contributed by atoms with Gasteiger partial charge in [-0.05, 0) is 49.9 Å². The summed E-state index contributed by atoms with van der Waals surface area (Å²) in [4.78, 5) is 18.1. The van der Waals surface area contributed by atoms with Gasteiger partial charge in [-0.15, -0.1) is 0 Å². The monoisotopic (exact) mass is 332 g/mol. The molecular weight excluding hydrogens is 308 g/mol. The van der Waals surface area contributed by atoms with Gasteiger partial charge in [-0.3, -0.25) is 4.79 Å². The minimum absolute atomic E-state index is 0.196. The number of hydrogen-bond donors (Lipinski definition) is 1. The van der Waals surface area contributed by atoms with Gasteiger partial charge in [-0.25, -0.2) is 0 Å². The maximum Gasteiger partial charge on any atom is 0.225 e. The first-order valence-electron chi connectivity index (χ1n) is 8.69. The largest absolute Gasteiger partial charge is 0.358 e. The van der Waals surface area contributed by atoms with Crippen LogP contribution in [0.1, 0.15) is 51.1 Å². The molecule has 1 amide bonds. The van der Waals surface area contributed by atoms with Gasteiger partial charge in [0.1, 0.15) is 0 Å². The lowest BCUT2D eigenvalue weighted by Crippen LogP contribution is -2.41. The summed E-state index contributed by atoms with van der Waals surface area (Å²) in [6, 6.07) is 8.17. The zero-order chi connectivity index (χ0) is 16.4. The standard InChI is InChI=1S/C19H25ClN2O/c1-3-13(4-2)19(23)22-9-7-14(8-10-22)18-12-15-11-16(20)5-6-17(15)21-18/h5-6,11-14,21H,3-4,7-10H2,1-2H3. The molecule has 0 atom stereocenters. The van der Waals surface area contributed by atoms with Crippen LogP contribution in [-0.4, -0.2) is 28.9 Å². The van der Waals surface area contributed by atoms with Crippen molar-refractivity contribution in [2.75, 3.05) is 13.1 Å². The summed E-state index contributed by atoms with van der Waals surface area (Å²) in [6.07, 6.45) is 3.95. The number of benzene rings is 1. The first-order chi connectivity index (χ1) is 11.1. The molecule has 1 fully saturated rings. The molecule has 1 aliphatic rings. The Hall–Kier alpha value is -1.48. The van der Waals surface area contributed by atoms with Gasteiger partial charge in [0.15, 0.2) is 0 Å². The number of carbonyl (C=O) groups excluding carboxylic acids is 1. The highest BCUT2D eigenvalue weighted by atomic mass is 35.5. The molecule has 0 saturated carbocycles. The van der Waals surface area contributed by atoms with Gasteiger partial charge in [0, 0.05) is 46.5 Å². The number of H-pyrrole nitrogens is 1. The fourth-order valence-corrected chi connectivity index (χ4v) is 3.83. The SMILES string of the molecule is CCC(CC)C(=O)N1CCC(c2cc3cc(Cl)ccc3[nH]2)CC1. The second kappa shape index (κ2) is 6.96. The Morgan fingerprint density at radius 3 is 2.61 bits per heavy atom. The number of amides is 1. The van der Waals surface area contributed by atoms with Crippen LogP contribution in [0.4, 0.5) is 0 Å². The van der Waals surface area contributed by atoms with Crippen molar-refractivity contribution in [1.29, 1.82) is 0 Å². The van der Waals surface area contributed by atoms with Crippen LogP contribution < -0.4 is 0 Å². The quantitative estimate of drug-likeness (QED) is 0.843. The van der Waals surface area contributed by atoms with E-state index in [1.54, 1.807) is 0 Å². The van der Waals surface area contributed by atoms with E-state index < -0.39 is 0 Å². The Morgan fingerprint density at radius 1 is 1.26 bits per heavy atom. The summed E-state index contributed by atoms with van der Waals surface area (Å²) < 4.78 is 0. The number of aromatic nitrogens is 1. The topological polar surface area (TPSA) is 36.1 Å². The summed E-state index contributed by atoms with van der Waals surface area (Å²) >= 11 is 6.07. The number of hydrogen-bond acceptors (Lipinski definition) is 1. The molecule has 3 rings (SSSR count). The van der Waals surface area contributed by atoms with Crippen LogP contribution in [0.5, 0.6) is 0 Å². The predicted octanol–water partition coefficient (Wildman–Crippen LogP) is 4.96. The van der Waals surface area contributed by atoms with Crippen molar-refractivity contribution in [3.63, 3.8) is 0 Å². The smallest absolute Gasteiger partial charge is 0.225 e. The van der Waals surface area contributed by atoms with Gasteiger partial charge in [0.25, 0.3) is 0 Å². The third-order valence-corrected chi connectivity index (χ3v) is 5.42. The van der Waals surface area contributed by atoms with Gasteiger partial charge in [-0.2, -0.15) is 0 Å². The number of nitrogens with one attached hydrogen (secondary N) is 1. The van der Waals surface area contributed by atoms with Gasteiger partial charge >= 0.3 is 0 Å². The van der Waals surface area contributed by atoms with Crippen molar-refractivity contribution in [2.45, 2.75) is 45.4 Å². The number of rotatable bonds is 4. The average molecular weight is 333 g/mol. The van der Waals surface area contributed by atoms with E-state index in [0.29, 0.717) is 11.8 Å². The van der Waals surface area contributed by atoms with Crippen LogP contribution in [-0.2, 0) is 4.79 Å². The number of aromatic amines is 1. The second-order valence-corrected chi connectivity index (χ2v) is 7.01. The highest BCUT2D eigenvalue weighted by Crippen LogP contribution is 2.31. The zero-order valence-corrected chi connectivity index (χ0v) is 14.7. The molecule has 2 aromatic rings. The molecule has 124 valence electrons. The molecule has 3 nitrogen and oxygen atoms in total. The maximum absolute atomic E-state index is 12.5. The van der Waals surface area contributed by atoms with E-state index >= 15 is 0 Å². The van der Waals surface area contributed by atoms with Crippen LogP contribution >= 0.6 is 11.6 Å². The molecule has 0 radical (unpaired) electrons. The van der Waals surface area contributed by atoms with Crippen molar-refractivity contribution in [2.24, 2.45) is 5.92 Å². The number of nitrogens with zero attached hydrogens (tertiary/aromatic N) is 1. The fourth-order valence-electron chi connectivity index (χ4n) is 3.65. The van der Waals surface area contributed by atoms with Crippen molar-refractivity contribution in [3.05, 3.63) is 35.0 Å². The molecule has 0 spiro atoms. The Kier molecular flexibility index (Phi) is 4.96. The molecule has 0 aliphatic carbocycles.